The number of carbonyl (C=O) groups is 2. The molecule has 2 aromatic carbocycles. The second-order valence-corrected chi connectivity index (χ2v) is 6.83. The lowest BCUT2D eigenvalue weighted by molar-refractivity contribution is -0.754. The van der Waals surface area contributed by atoms with Crippen LogP contribution in [0, 0.1) is 0 Å². The second-order valence-electron chi connectivity index (χ2n) is 6.42. The van der Waals surface area contributed by atoms with Crippen molar-refractivity contribution in [2.45, 2.75) is 24.7 Å². The Labute approximate surface area is 175 Å². The van der Waals surface area contributed by atoms with Crippen molar-refractivity contribution in [3.8, 4) is 5.75 Å². The largest absolute Gasteiger partial charge is 0.573 e. The highest BCUT2D eigenvalue weighted by atomic mass is 35.5. The fraction of sp³-hybridized carbons (Fsp3) is 0.222. The molecule has 1 aliphatic rings. The van der Waals surface area contributed by atoms with Gasteiger partial charge in [0.1, 0.15) is 12.3 Å². The Morgan fingerprint density at radius 3 is 2.16 bits per heavy atom. The highest BCUT2D eigenvalue weighted by Crippen LogP contribution is 2.34. The summed E-state index contributed by atoms with van der Waals surface area (Å²) in [5.74, 6) is -2.32. The van der Waals surface area contributed by atoms with Gasteiger partial charge in [0.25, 0.3) is 0 Å². The van der Waals surface area contributed by atoms with E-state index in [1.54, 1.807) is 17.4 Å². The molecule has 1 heterocycles. The van der Waals surface area contributed by atoms with E-state index in [0.29, 0.717) is 10.9 Å². The van der Waals surface area contributed by atoms with E-state index in [-0.39, 0.29) is 15.6 Å². The Hall–Kier alpha value is -2.99. The highest BCUT2D eigenvalue weighted by Gasteiger charge is 2.72. The lowest BCUT2D eigenvalue weighted by atomic mass is 10.1. The quantitative estimate of drug-likeness (QED) is 0.522. The summed E-state index contributed by atoms with van der Waals surface area (Å²) in [6, 6.07) is 7.90. The number of alkyl halides is 6. The maximum absolute atomic E-state index is 13.9. The molecule has 1 aliphatic heterocycles. The van der Waals surface area contributed by atoms with Crippen molar-refractivity contribution in [2.75, 3.05) is 4.90 Å². The number of quaternary nitrogens is 1. The molecule has 0 saturated carbocycles. The molecular weight excluding hydrogens is 456 g/mol. The average Bonchev–Trinajstić information content (AvgIpc) is 2.91. The van der Waals surface area contributed by atoms with Gasteiger partial charge in [-0.25, -0.2) is 9.69 Å². The van der Waals surface area contributed by atoms with Crippen LogP contribution >= 0.6 is 11.6 Å². The van der Waals surface area contributed by atoms with Crippen LogP contribution in [0.3, 0.4) is 0 Å². The Morgan fingerprint density at radius 1 is 1.00 bits per heavy atom. The molecule has 166 valence electrons. The van der Waals surface area contributed by atoms with Gasteiger partial charge in [0.2, 0.25) is 0 Å². The minimum Gasteiger partial charge on any atom is -0.406 e. The molecule has 3 rings (SSSR count). The lowest BCUT2D eigenvalue weighted by Gasteiger charge is -2.26. The smallest absolute Gasteiger partial charge is 0.406 e. The normalized spacial score (nSPS) is 19.5. The number of hydrogen-bond donors (Lipinski definition) is 2. The SMILES string of the molecule is O=C1N[C@]([NH2+]Cc2ccccc2Cl)(C(F)(F)F)C(=O)N1c1ccc(OC(F)(F)F)cc1. The Balaban J connectivity index is 1.89. The maximum Gasteiger partial charge on any atom is 0.573 e. The number of halogens is 7. The first-order valence-corrected chi connectivity index (χ1v) is 8.89. The van der Waals surface area contributed by atoms with Crippen LogP contribution in [-0.2, 0) is 11.3 Å². The van der Waals surface area contributed by atoms with Crippen LogP contribution in [0.4, 0.5) is 36.8 Å². The van der Waals surface area contributed by atoms with E-state index >= 15 is 0 Å². The lowest BCUT2D eigenvalue weighted by Crippen LogP contribution is -3.04. The fourth-order valence-corrected chi connectivity index (χ4v) is 3.16. The third-order valence-corrected chi connectivity index (χ3v) is 4.78. The average molecular weight is 469 g/mol. The number of anilines is 1. The van der Waals surface area contributed by atoms with Crippen molar-refractivity contribution in [1.29, 1.82) is 0 Å². The van der Waals surface area contributed by atoms with Crippen LogP contribution in [0.2, 0.25) is 5.02 Å². The monoisotopic (exact) mass is 468 g/mol. The summed E-state index contributed by atoms with van der Waals surface area (Å²) in [7, 11) is 0. The Morgan fingerprint density at radius 2 is 1.61 bits per heavy atom. The highest BCUT2D eigenvalue weighted by molar-refractivity contribution is 6.31. The van der Waals surface area contributed by atoms with Gasteiger partial charge in [-0.05, 0) is 30.3 Å². The van der Waals surface area contributed by atoms with Crippen LogP contribution < -0.4 is 20.3 Å². The number of urea groups is 1. The van der Waals surface area contributed by atoms with Crippen molar-refractivity contribution < 1.29 is 46.0 Å². The molecule has 0 aliphatic carbocycles. The molecule has 0 aromatic heterocycles. The molecule has 1 atom stereocenters. The van der Waals surface area contributed by atoms with Crippen molar-refractivity contribution >= 4 is 29.2 Å². The Bertz CT molecular complexity index is 996. The summed E-state index contributed by atoms with van der Waals surface area (Å²) < 4.78 is 82.2. The predicted molar refractivity (Wildman–Crippen MR) is 95.0 cm³/mol. The van der Waals surface area contributed by atoms with Gasteiger partial charge in [0.05, 0.1) is 5.69 Å². The zero-order valence-corrected chi connectivity index (χ0v) is 16.0. The van der Waals surface area contributed by atoms with Crippen LogP contribution in [0.25, 0.3) is 0 Å². The summed E-state index contributed by atoms with van der Waals surface area (Å²) in [4.78, 5) is 25.2. The van der Waals surface area contributed by atoms with Gasteiger partial charge in [-0.3, -0.25) is 10.1 Å². The fourth-order valence-electron chi connectivity index (χ4n) is 2.95. The van der Waals surface area contributed by atoms with Gasteiger partial charge < -0.3 is 10.1 Å². The summed E-state index contributed by atoms with van der Waals surface area (Å²) in [6.45, 7) is -0.391. The zero-order valence-electron chi connectivity index (χ0n) is 15.2. The molecule has 1 saturated heterocycles. The molecule has 2 aromatic rings. The molecule has 1 fully saturated rings. The van der Waals surface area contributed by atoms with Crippen molar-refractivity contribution in [1.82, 2.24) is 5.32 Å². The Kier molecular flexibility index (Phi) is 5.80. The van der Waals surface area contributed by atoms with Crippen molar-refractivity contribution in [3.05, 3.63) is 59.1 Å². The van der Waals surface area contributed by atoms with Crippen LogP contribution in [-0.4, -0.2) is 30.1 Å². The number of imide groups is 1. The molecule has 3 amide bonds. The molecule has 3 N–H and O–H groups in total. The number of nitrogens with two attached hydrogens (primary N) is 1. The van der Waals surface area contributed by atoms with E-state index in [4.69, 9.17) is 11.6 Å². The van der Waals surface area contributed by atoms with Gasteiger partial charge in [-0.1, -0.05) is 29.8 Å². The topological polar surface area (TPSA) is 75.2 Å². The molecule has 31 heavy (non-hydrogen) atoms. The summed E-state index contributed by atoms with van der Waals surface area (Å²) >= 11 is 5.94. The second kappa shape index (κ2) is 7.93. The van der Waals surface area contributed by atoms with Gasteiger partial charge in [0, 0.05) is 10.6 Å². The van der Waals surface area contributed by atoms with Gasteiger partial charge >= 0.3 is 30.1 Å². The molecule has 6 nitrogen and oxygen atoms in total. The van der Waals surface area contributed by atoms with Gasteiger partial charge in [0.15, 0.2) is 0 Å². The first kappa shape index (κ1) is 22.7. The minimum atomic E-state index is -5.20. The van der Waals surface area contributed by atoms with E-state index in [1.165, 1.54) is 12.1 Å². The van der Waals surface area contributed by atoms with Crippen molar-refractivity contribution in [2.24, 2.45) is 0 Å². The van der Waals surface area contributed by atoms with Gasteiger partial charge in [-0.2, -0.15) is 13.2 Å². The van der Waals surface area contributed by atoms with Crippen LogP contribution in [0.15, 0.2) is 48.5 Å². The molecule has 0 radical (unpaired) electrons. The standard InChI is InChI=1S/C18H12ClF6N3O3/c19-13-4-2-1-3-10(13)9-26-16(17(20,21)22)14(29)28(15(30)27-16)11-5-7-12(8-6-11)31-18(23,24)25/h1-8,26H,9H2,(H,27,30)/p+1/t16-/m0/s1. The van der Waals surface area contributed by atoms with E-state index < -0.39 is 42.4 Å². The third kappa shape index (κ3) is 4.54. The van der Waals surface area contributed by atoms with Gasteiger partial charge in [-0.15, -0.1) is 13.2 Å². The number of nitrogens with zero attached hydrogens (tertiary/aromatic N) is 1. The third-order valence-electron chi connectivity index (χ3n) is 4.41. The maximum atomic E-state index is 13.9. The van der Waals surface area contributed by atoms with Crippen LogP contribution in [0.5, 0.6) is 5.75 Å². The molecular formula is C18H13ClF6N3O3+. The molecule has 0 spiro atoms. The minimum absolute atomic E-state index is 0.171. The van der Waals surface area contributed by atoms with E-state index in [1.807, 2.05) is 0 Å². The number of benzene rings is 2. The zero-order chi connectivity index (χ0) is 23.0. The van der Waals surface area contributed by atoms with E-state index in [2.05, 4.69) is 4.74 Å². The number of ether oxygens (including phenoxy) is 1. The number of hydrogen-bond acceptors (Lipinski definition) is 3. The molecule has 0 bridgehead atoms. The summed E-state index contributed by atoms with van der Waals surface area (Å²) in [5.41, 5.74) is -3.42. The predicted octanol–water partition coefficient (Wildman–Crippen LogP) is 3.32. The number of nitrogens with one attached hydrogen (secondary N) is 1. The number of carbonyl (C=O) groups excluding carboxylic acids is 2. The molecule has 0 unspecified atom stereocenters. The molecule has 13 heteroatoms. The summed E-state index contributed by atoms with van der Waals surface area (Å²) in [5, 5.41) is 2.41. The number of rotatable bonds is 5. The van der Waals surface area contributed by atoms with Crippen molar-refractivity contribution in [3.63, 3.8) is 0 Å². The first-order chi connectivity index (χ1) is 14.3. The first-order valence-electron chi connectivity index (χ1n) is 8.51. The van der Waals surface area contributed by atoms with E-state index in [9.17, 15) is 35.9 Å². The van der Waals surface area contributed by atoms with E-state index in [0.717, 1.165) is 24.3 Å². The number of amides is 3. The summed E-state index contributed by atoms with van der Waals surface area (Å²) in [6.07, 6.45) is -10.2. The van der Waals surface area contributed by atoms with Crippen LogP contribution in [0.1, 0.15) is 5.56 Å².